The molecule has 0 aliphatic rings. The SMILES string of the molecule is [CH2-]C(OCC(C)C)(OCC(C)C)OCC(C)C.[Zr]. The quantitative estimate of drug-likeness (QED) is 0.476. The van der Waals surface area contributed by atoms with E-state index >= 15 is 0 Å². The van der Waals surface area contributed by atoms with Gasteiger partial charge in [0.05, 0.1) is 19.8 Å². The topological polar surface area (TPSA) is 27.7 Å². The van der Waals surface area contributed by atoms with Gasteiger partial charge in [-0.2, -0.15) is 0 Å². The summed E-state index contributed by atoms with van der Waals surface area (Å²) in [5, 5.41) is 0. The van der Waals surface area contributed by atoms with Gasteiger partial charge in [0.2, 0.25) is 0 Å². The van der Waals surface area contributed by atoms with E-state index in [0.717, 1.165) is 0 Å². The van der Waals surface area contributed by atoms with E-state index < -0.39 is 5.97 Å². The van der Waals surface area contributed by atoms with Crippen molar-refractivity contribution in [3.05, 3.63) is 6.92 Å². The van der Waals surface area contributed by atoms with Gasteiger partial charge in [-0.25, -0.2) is 0 Å². The second-order valence-corrected chi connectivity index (χ2v) is 5.80. The summed E-state index contributed by atoms with van der Waals surface area (Å²) in [5.74, 6) is 0.142. The molecule has 0 unspecified atom stereocenters. The molecule has 0 heterocycles. The van der Waals surface area contributed by atoms with Gasteiger partial charge in [-0.15, -0.1) is 0 Å². The molecule has 0 aliphatic carbocycles. The summed E-state index contributed by atoms with van der Waals surface area (Å²) in [6.07, 6.45) is 0. The summed E-state index contributed by atoms with van der Waals surface area (Å²) in [6.45, 7) is 18.2. The van der Waals surface area contributed by atoms with Crippen molar-refractivity contribution in [2.45, 2.75) is 47.5 Å². The van der Waals surface area contributed by atoms with Gasteiger partial charge in [0.25, 0.3) is 0 Å². The first kappa shape index (κ1) is 21.1. The third kappa shape index (κ3) is 11.8. The largest absolute Gasteiger partial charge is 0.354 e. The van der Waals surface area contributed by atoms with Crippen LogP contribution in [-0.2, 0) is 40.4 Å². The Morgan fingerprint density at radius 3 is 1.11 bits per heavy atom. The fourth-order valence-corrected chi connectivity index (χ4v) is 1.01. The van der Waals surface area contributed by atoms with Crippen LogP contribution in [0.5, 0.6) is 0 Å². The molecule has 0 spiro atoms. The fraction of sp³-hybridized carbons (Fsp3) is 0.929. The van der Waals surface area contributed by atoms with Gasteiger partial charge >= 0.3 is 0 Å². The molecule has 0 atom stereocenters. The van der Waals surface area contributed by atoms with Gasteiger partial charge in [0.1, 0.15) is 5.97 Å². The standard InChI is InChI=1S/C14H29O3.Zr/c1-11(2)8-15-14(7,16-9-12(3)4)17-10-13(5)6;/h11-13H,7-10H2,1-6H3;/q-1;. The molecule has 4 heteroatoms. The Morgan fingerprint density at radius 1 is 0.722 bits per heavy atom. The normalized spacial score (nSPS) is 12.3. The van der Waals surface area contributed by atoms with Crippen molar-refractivity contribution >= 4 is 0 Å². The summed E-state index contributed by atoms with van der Waals surface area (Å²) in [5.41, 5.74) is 0. The minimum Gasteiger partial charge on any atom is -0.354 e. The monoisotopic (exact) mass is 335 g/mol. The third-order valence-electron chi connectivity index (χ3n) is 1.91. The maximum absolute atomic E-state index is 5.64. The summed E-state index contributed by atoms with van der Waals surface area (Å²) < 4.78 is 16.9. The van der Waals surface area contributed by atoms with Gasteiger partial charge in [-0.3, -0.25) is 6.92 Å². The molecule has 0 aromatic carbocycles. The van der Waals surface area contributed by atoms with Crippen LogP contribution in [0, 0.1) is 24.7 Å². The molecule has 18 heavy (non-hydrogen) atoms. The van der Waals surface area contributed by atoms with Crippen LogP contribution in [-0.4, -0.2) is 25.8 Å². The van der Waals surface area contributed by atoms with E-state index in [4.69, 9.17) is 14.2 Å². The molecule has 108 valence electrons. The average Bonchev–Trinajstić information content (AvgIpc) is 2.21. The smallest absolute Gasteiger partial charge is 0.146 e. The van der Waals surface area contributed by atoms with Crippen molar-refractivity contribution in [3.8, 4) is 0 Å². The van der Waals surface area contributed by atoms with Gasteiger partial charge in [-0.1, -0.05) is 41.5 Å². The van der Waals surface area contributed by atoms with Crippen LogP contribution in [0.3, 0.4) is 0 Å². The molecular weight excluding hydrogens is 307 g/mol. The Balaban J connectivity index is 0. The zero-order valence-electron chi connectivity index (χ0n) is 12.8. The molecule has 0 bridgehead atoms. The average molecular weight is 337 g/mol. The fourth-order valence-electron chi connectivity index (χ4n) is 1.01. The van der Waals surface area contributed by atoms with Crippen molar-refractivity contribution in [2.75, 3.05) is 19.8 Å². The Bertz CT molecular complexity index is 162. The van der Waals surface area contributed by atoms with E-state index in [0.29, 0.717) is 37.6 Å². The first-order valence-corrected chi connectivity index (χ1v) is 6.52. The third-order valence-corrected chi connectivity index (χ3v) is 1.91. The predicted octanol–water partition coefficient (Wildman–Crippen LogP) is 3.49. The minimum atomic E-state index is -1.15. The second-order valence-electron chi connectivity index (χ2n) is 5.80. The number of hydrogen-bond acceptors (Lipinski definition) is 3. The molecule has 0 fully saturated rings. The Kier molecular flexibility index (Phi) is 12.3. The first-order chi connectivity index (χ1) is 7.75. The first-order valence-electron chi connectivity index (χ1n) is 6.52. The van der Waals surface area contributed by atoms with Gasteiger partial charge in [0.15, 0.2) is 0 Å². The maximum Gasteiger partial charge on any atom is 0.146 e. The molecule has 0 N–H and O–H groups in total. The van der Waals surface area contributed by atoms with E-state index in [2.05, 4.69) is 48.5 Å². The van der Waals surface area contributed by atoms with E-state index in [-0.39, 0.29) is 26.2 Å². The molecule has 0 aliphatic heterocycles. The van der Waals surface area contributed by atoms with Crippen molar-refractivity contribution in [2.24, 2.45) is 17.8 Å². The maximum atomic E-state index is 5.64. The zero-order valence-corrected chi connectivity index (χ0v) is 15.2. The molecule has 0 saturated heterocycles. The van der Waals surface area contributed by atoms with E-state index in [1.807, 2.05) is 0 Å². The van der Waals surface area contributed by atoms with Crippen molar-refractivity contribution in [1.82, 2.24) is 0 Å². The van der Waals surface area contributed by atoms with Crippen molar-refractivity contribution in [3.63, 3.8) is 0 Å². The molecule has 0 amide bonds. The van der Waals surface area contributed by atoms with Crippen LogP contribution in [0.15, 0.2) is 0 Å². The van der Waals surface area contributed by atoms with Crippen LogP contribution >= 0.6 is 0 Å². The zero-order chi connectivity index (χ0) is 13.5. The van der Waals surface area contributed by atoms with Crippen molar-refractivity contribution < 1.29 is 40.4 Å². The molecule has 0 rings (SSSR count). The van der Waals surface area contributed by atoms with Crippen LogP contribution < -0.4 is 0 Å². The summed E-state index contributed by atoms with van der Waals surface area (Å²) in [4.78, 5) is 0. The molecule has 0 saturated carbocycles. The van der Waals surface area contributed by atoms with E-state index in [1.54, 1.807) is 0 Å². The van der Waals surface area contributed by atoms with Crippen LogP contribution in [0.2, 0.25) is 0 Å². The van der Waals surface area contributed by atoms with Crippen LogP contribution in [0.25, 0.3) is 0 Å². The minimum absolute atomic E-state index is 0. The Morgan fingerprint density at radius 2 is 0.944 bits per heavy atom. The molecular formula is C14H29O3Zr-. The molecule has 0 radical (unpaired) electrons. The molecule has 3 nitrogen and oxygen atoms in total. The molecule has 0 aromatic heterocycles. The van der Waals surface area contributed by atoms with E-state index in [1.165, 1.54) is 0 Å². The Hall–Kier alpha value is 0.763. The van der Waals surface area contributed by atoms with Crippen LogP contribution in [0.4, 0.5) is 0 Å². The van der Waals surface area contributed by atoms with Gasteiger partial charge < -0.3 is 14.2 Å². The predicted molar refractivity (Wildman–Crippen MR) is 70.5 cm³/mol. The number of hydrogen-bond donors (Lipinski definition) is 0. The number of ether oxygens (including phenoxy) is 3. The molecule has 0 aromatic rings. The Labute approximate surface area is 132 Å². The summed E-state index contributed by atoms with van der Waals surface area (Å²) in [6, 6.07) is 0. The summed E-state index contributed by atoms with van der Waals surface area (Å²) in [7, 11) is 0. The van der Waals surface area contributed by atoms with E-state index in [9.17, 15) is 0 Å². The van der Waals surface area contributed by atoms with Crippen LogP contribution in [0.1, 0.15) is 41.5 Å². The van der Waals surface area contributed by atoms with Gasteiger partial charge in [-0.05, 0) is 17.8 Å². The van der Waals surface area contributed by atoms with Gasteiger partial charge in [0, 0.05) is 26.2 Å². The summed E-state index contributed by atoms with van der Waals surface area (Å²) >= 11 is 0. The van der Waals surface area contributed by atoms with Crippen molar-refractivity contribution in [1.29, 1.82) is 0 Å². The number of rotatable bonds is 9. The second kappa shape index (κ2) is 10.5.